The summed E-state index contributed by atoms with van der Waals surface area (Å²) in [5.74, 6) is 0.524. The third kappa shape index (κ3) is 3.67. The van der Waals surface area contributed by atoms with Crippen LogP contribution >= 0.6 is 0 Å². The zero-order valence-corrected chi connectivity index (χ0v) is 14.0. The molecule has 0 aromatic heterocycles. The fourth-order valence-corrected chi connectivity index (χ4v) is 2.43. The zero-order chi connectivity index (χ0) is 17.1. The Morgan fingerprint density at radius 2 is 1.65 bits per heavy atom. The highest BCUT2D eigenvalue weighted by atomic mass is 16.5. The summed E-state index contributed by atoms with van der Waals surface area (Å²) < 4.78 is 17.0. The first kappa shape index (κ1) is 16.9. The van der Waals surface area contributed by atoms with E-state index in [9.17, 15) is 9.90 Å². The second kappa shape index (κ2) is 6.77. The topological polar surface area (TPSA) is 65.0 Å². The van der Waals surface area contributed by atoms with Crippen molar-refractivity contribution < 1.29 is 24.1 Å². The Kier molecular flexibility index (Phi) is 4.98. The Morgan fingerprint density at radius 3 is 2.17 bits per heavy atom. The van der Waals surface area contributed by atoms with E-state index in [4.69, 9.17) is 14.2 Å². The van der Waals surface area contributed by atoms with Crippen LogP contribution in [0.2, 0.25) is 0 Å². The summed E-state index contributed by atoms with van der Waals surface area (Å²) in [6.45, 7) is 7.73. The first-order valence-corrected chi connectivity index (χ1v) is 7.54. The van der Waals surface area contributed by atoms with Crippen LogP contribution in [0, 0.1) is 0 Å². The molecule has 0 saturated carbocycles. The standard InChI is InChI=1S/C18H22O5/c1-10(2)22-12-8-15-13(16(9-12)23-11(3)4)6-7-14(18(19)20)17(15)21-5/h6-11H,1-5H3,(H,19,20). The molecule has 0 aliphatic rings. The molecule has 5 heteroatoms. The van der Waals surface area contributed by atoms with Crippen LogP contribution in [0.15, 0.2) is 24.3 Å². The van der Waals surface area contributed by atoms with Crippen LogP contribution in [0.3, 0.4) is 0 Å². The maximum Gasteiger partial charge on any atom is 0.339 e. The number of ether oxygens (including phenoxy) is 3. The smallest absolute Gasteiger partial charge is 0.339 e. The third-order valence-corrected chi connectivity index (χ3v) is 3.19. The van der Waals surface area contributed by atoms with E-state index in [0.29, 0.717) is 22.6 Å². The molecule has 2 aromatic rings. The monoisotopic (exact) mass is 318 g/mol. The van der Waals surface area contributed by atoms with Crippen LogP contribution in [0.1, 0.15) is 38.1 Å². The molecular formula is C18H22O5. The minimum atomic E-state index is -1.04. The van der Waals surface area contributed by atoms with E-state index in [0.717, 1.165) is 5.39 Å². The molecule has 0 radical (unpaired) electrons. The Hall–Kier alpha value is -2.43. The normalized spacial score (nSPS) is 11.1. The number of hydrogen-bond acceptors (Lipinski definition) is 4. The average molecular weight is 318 g/mol. The van der Waals surface area contributed by atoms with E-state index in [-0.39, 0.29) is 17.8 Å². The first-order chi connectivity index (χ1) is 10.8. The lowest BCUT2D eigenvalue weighted by molar-refractivity contribution is 0.0693. The van der Waals surface area contributed by atoms with Gasteiger partial charge >= 0.3 is 5.97 Å². The van der Waals surface area contributed by atoms with Gasteiger partial charge in [-0.05, 0) is 45.9 Å². The van der Waals surface area contributed by atoms with Crippen molar-refractivity contribution >= 4 is 16.7 Å². The van der Waals surface area contributed by atoms with Gasteiger partial charge < -0.3 is 19.3 Å². The highest BCUT2D eigenvalue weighted by Gasteiger charge is 2.18. The van der Waals surface area contributed by atoms with E-state index >= 15 is 0 Å². The van der Waals surface area contributed by atoms with Crippen LogP contribution in [0.25, 0.3) is 10.8 Å². The molecule has 0 aliphatic carbocycles. The number of fused-ring (bicyclic) bond motifs is 1. The molecule has 0 fully saturated rings. The number of rotatable bonds is 6. The van der Waals surface area contributed by atoms with E-state index < -0.39 is 5.97 Å². The van der Waals surface area contributed by atoms with Crippen molar-refractivity contribution in [3.05, 3.63) is 29.8 Å². The van der Waals surface area contributed by atoms with Crippen molar-refractivity contribution in [1.29, 1.82) is 0 Å². The van der Waals surface area contributed by atoms with Crippen molar-refractivity contribution in [2.75, 3.05) is 7.11 Å². The van der Waals surface area contributed by atoms with Gasteiger partial charge in [0.1, 0.15) is 22.8 Å². The summed E-state index contributed by atoms with van der Waals surface area (Å²) in [6, 6.07) is 6.87. The number of carbonyl (C=O) groups is 1. The molecule has 2 rings (SSSR count). The molecule has 0 aliphatic heterocycles. The van der Waals surface area contributed by atoms with Crippen LogP contribution in [-0.2, 0) is 0 Å². The van der Waals surface area contributed by atoms with Gasteiger partial charge in [-0.15, -0.1) is 0 Å². The summed E-state index contributed by atoms with van der Waals surface area (Å²) in [6.07, 6.45) is -0.0225. The third-order valence-electron chi connectivity index (χ3n) is 3.19. The molecule has 5 nitrogen and oxygen atoms in total. The van der Waals surface area contributed by atoms with E-state index in [1.165, 1.54) is 13.2 Å². The molecule has 0 bridgehead atoms. The summed E-state index contributed by atoms with van der Waals surface area (Å²) in [4.78, 5) is 11.4. The van der Waals surface area contributed by atoms with E-state index in [1.54, 1.807) is 12.1 Å². The average Bonchev–Trinajstić information content (AvgIpc) is 2.44. The van der Waals surface area contributed by atoms with Gasteiger partial charge in [-0.3, -0.25) is 0 Å². The van der Waals surface area contributed by atoms with Crippen molar-refractivity contribution in [3.63, 3.8) is 0 Å². The fourth-order valence-electron chi connectivity index (χ4n) is 2.43. The summed E-state index contributed by atoms with van der Waals surface area (Å²) >= 11 is 0. The molecule has 0 spiro atoms. The van der Waals surface area contributed by atoms with Crippen LogP contribution in [-0.4, -0.2) is 30.4 Å². The van der Waals surface area contributed by atoms with Crippen LogP contribution in [0.4, 0.5) is 0 Å². The van der Waals surface area contributed by atoms with Gasteiger partial charge in [0.2, 0.25) is 0 Å². The molecule has 0 amide bonds. The second-order valence-electron chi connectivity index (χ2n) is 5.80. The number of methoxy groups -OCH3 is 1. The SMILES string of the molecule is COc1c(C(=O)O)ccc2c(OC(C)C)cc(OC(C)C)cc12. The molecule has 0 saturated heterocycles. The summed E-state index contributed by atoms with van der Waals surface area (Å²) in [7, 11) is 1.46. The lowest BCUT2D eigenvalue weighted by Crippen LogP contribution is -2.09. The quantitative estimate of drug-likeness (QED) is 0.868. The van der Waals surface area contributed by atoms with Crippen molar-refractivity contribution in [3.8, 4) is 17.2 Å². The van der Waals surface area contributed by atoms with Gasteiger partial charge in [-0.2, -0.15) is 0 Å². The largest absolute Gasteiger partial charge is 0.495 e. The van der Waals surface area contributed by atoms with Crippen LogP contribution in [0.5, 0.6) is 17.2 Å². The highest BCUT2D eigenvalue weighted by molar-refractivity contribution is 6.03. The van der Waals surface area contributed by atoms with Gasteiger partial charge in [-0.1, -0.05) is 0 Å². The Labute approximate surface area is 135 Å². The highest BCUT2D eigenvalue weighted by Crippen LogP contribution is 2.39. The molecule has 124 valence electrons. The van der Waals surface area contributed by atoms with E-state index in [2.05, 4.69) is 0 Å². The molecule has 0 atom stereocenters. The zero-order valence-electron chi connectivity index (χ0n) is 14.0. The lowest BCUT2D eigenvalue weighted by atomic mass is 10.0. The number of carboxylic acids is 1. The van der Waals surface area contributed by atoms with Crippen LogP contribution < -0.4 is 14.2 Å². The maximum atomic E-state index is 11.4. The van der Waals surface area contributed by atoms with Gasteiger partial charge in [0.25, 0.3) is 0 Å². The van der Waals surface area contributed by atoms with Gasteiger partial charge in [0.15, 0.2) is 0 Å². The van der Waals surface area contributed by atoms with Gasteiger partial charge in [0.05, 0.1) is 19.3 Å². The molecule has 2 aromatic carbocycles. The lowest BCUT2D eigenvalue weighted by Gasteiger charge is -2.18. The number of hydrogen-bond donors (Lipinski definition) is 1. The fraction of sp³-hybridized carbons (Fsp3) is 0.389. The Balaban J connectivity index is 2.75. The van der Waals surface area contributed by atoms with Crippen molar-refractivity contribution in [2.45, 2.75) is 39.9 Å². The molecule has 0 heterocycles. The van der Waals surface area contributed by atoms with Crippen molar-refractivity contribution in [1.82, 2.24) is 0 Å². The number of aromatic carboxylic acids is 1. The molecule has 1 N–H and O–H groups in total. The van der Waals surface area contributed by atoms with Crippen molar-refractivity contribution in [2.24, 2.45) is 0 Å². The van der Waals surface area contributed by atoms with E-state index in [1.807, 2.05) is 33.8 Å². The predicted molar refractivity (Wildman–Crippen MR) is 89.0 cm³/mol. The minimum Gasteiger partial charge on any atom is -0.495 e. The number of benzene rings is 2. The predicted octanol–water partition coefficient (Wildman–Crippen LogP) is 4.12. The Morgan fingerprint density at radius 1 is 1.00 bits per heavy atom. The molecule has 23 heavy (non-hydrogen) atoms. The van der Waals surface area contributed by atoms with Gasteiger partial charge in [0, 0.05) is 16.8 Å². The first-order valence-electron chi connectivity index (χ1n) is 7.54. The minimum absolute atomic E-state index is 0.00648. The molecule has 0 unspecified atom stereocenters. The summed E-state index contributed by atoms with van der Waals surface area (Å²) in [5.41, 5.74) is 0.109. The summed E-state index contributed by atoms with van der Waals surface area (Å²) in [5, 5.41) is 10.8. The maximum absolute atomic E-state index is 11.4. The van der Waals surface area contributed by atoms with Gasteiger partial charge in [-0.25, -0.2) is 4.79 Å². The second-order valence-corrected chi connectivity index (χ2v) is 5.80. The molecular weight excluding hydrogens is 296 g/mol. The Bertz CT molecular complexity index is 719. The number of carboxylic acid groups (broad SMARTS) is 1.